The van der Waals surface area contributed by atoms with Gasteiger partial charge in [-0.15, -0.1) is 0 Å². The molecule has 13 heavy (non-hydrogen) atoms. The fourth-order valence-electron chi connectivity index (χ4n) is 1.00. The first-order chi connectivity index (χ1) is 6.22. The molecule has 0 saturated heterocycles. The molecule has 0 aliphatic carbocycles. The van der Waals surface area contributed by atoms with Crippen LogP contribution in [0.25, 0.3) is 0 Å². The molecule has 1 heterocycles. The standard InChI is InChI=1S/C8H10ClN3O/c1-11-8-5(4-10)6(13-2)3-7(9)12-8/h3-4,10H,1-2H3,(H,11,12). The summed E-state index contributed by atoms with van der Waals surface area (Å²) in [6.07, 6.45) is 1.17. The van der Waals surface area contributed by atoms with E-state index >= 15 is 0 Å². The number of anilines is 1. The molecule has 2 N–H and O–H groups in total. The van der Waals surface area contributed by atoms with Gasteiger partial charge in [-0.05, 0) is 0 Å². The summed E-state index contributed by atoms with van der Waals surface area (Å²) in [5.74, 6) is 1.08. The zero-order chi connectivity index (χ0) is 9.84. The van der Waals surface area contributed by atoms with E-state index in [0.717, 1.165) is 0 Å². The highest BCUT2D eigenvalue weighted by atomic mass is 35.5. The average Bonchev–Trinajstić information content (AvgIpc) is 2.16. The first-order valence-corrected chi connectivity index (χ1v) is 4.03. The molecule has 0 aromatic carbocycles. The number of aromatic nitrogens is 1. The number of hydrogen-bond acceptors (Lipinski definition) is 4. The number of halogens is 1. The van der Waals surface area contributed by atoms with E-state index in [1.54, 1.807) is 13.1 Å². The molecule has 0 bridgehead atoms. The van der Waals surface area contributed by atoms with Crippen LogP contribution in [-0.4, -0.2) is 25.4 Å². The lowest BCUT2D eigenvalue weighted by atomic mass is 10.2. The lowest BCUT2D eigenvalue weighted by Gasteiger charge is -2.09. The Bertz CT molecular complexity index is 302. The number of pyridine rings is 1. The molecule has 0 spiro atoms. The van der Waals surface area contributed by atoms with Crippen LogP contribution in [0, 0.1) is 5.41 Å². The zero-order valence-electron chi connectivity index (χ0n) is 7.39. The van der Waals surface area contributed by atoms with Crippen LogP contribution in [0.15, 0.2) is 6.07 Å². The van der Waals surface area contributed by atoms with Gasteiger partial charge < -0.3 is 15.5 Å². The molecule has 5 heteroatoms. The second-order valence-corrected chi connectivity index (χ2v) is 2.69. The van der Waals surface area contributed by atoms with E-state index in [-0.39, 0.29) is 0 Å². The molecular weight excluding hydrogens is 190 g/mol. The topological polar surface area (TPSA) is 58.0 Å². The van der Waals surface area contributed by atoms with Crippen molar-refractivity contribution >= 4 is 23.6 Å². The molecule has 0 saturated carbocycles. The van der Waals surface area contributed by atoms with E-state index in [9.17, 15) is 0 Å². The third-order valence-corrected chi connectivity index (χ3v) is 1.78. The second kappa shape index (κ2) is 4.09. The van der Waals surface area contributed by atoms with Crippen LogP contribution >= 0.6 is 11.6 Å². The molecule has 0 atom stereocenters. The summed E-state index contributed by atoms with van der Waals surface area (Å²) < 4.78 is 5.04. The average molecular weight is 200 g/mol. The molecule has 4 nitrogen and oxygen atoms in total. The van der Waals surface area contributed by atoms with Gasteiger partial charge in [-0.1, -0.05) is 11.6 Å². The van der Waals surface area contributed by atoms with Crippen molar-refractivity contribution in [3.8, 4) is 5.75 Å². The van der Waals surface area contributed by atoms with Gasteiger partial charge in [0.1, 0.15) is 16.7 Å². The minimum absolute atomic E-state index is 0.340. The fraction of sp³-hybridized carbons (Fsp3) is 0.250. The minimum atomic E-state index is 0.340. The van der Waals surface area contributed by atoms with E-state index in [0.29, 0.717) is 22.3 Å². The molecule has 1 aromatic rings. The Morgan fingerprint density at radius 1 is 1.69 bits per heavy atom. The summed E-state index contributed by atoms with van der Waals surface area (Å²) >= 11 is 5.73. The summed E-state index contributed by atoms with van der Waals surface area (Å²) in [5, 5.41) is 10.3. The summed E-state index contributed by atoms with van der Waals surface area (Å²) in [6, 6.07) is 1.57. The molecule has 0 unspecified atom stereocenters. The van der Waals surface area contributed by atoms with E-state index in [1.807, 2.05) is 0 Å². The first-order valence-electron chi connectivity index (χ1n) is 3.65. The van der Waals surface area contributed by atoms with Crippen molar-refractivity contribution < 1.29 is 4.74 Å². The van der Waals surface area contributed by atoms with Gasteiger partial charge >= 0.3 is 0 Å². The maximum atomic E-state index is 7.17. The zero-order valence-corrected chi connectivity index (χ0v) is 8.14. The number of hydrogen-bond donors (Lipinski definition) is 2. The monoisotopic (exact) mass is 199 g/mol. The number of methoxy groups -OCH3 is 1. The molecule has 0 aliphatic rings. The molecule has 1 rings (SSSR count). The van der Waals surface area contributed by atoms with Crippen LogP contribution in [-0.2, 0) is 0 Å². The van der Waals surface area contributed by atoms with Crippen molar-refractivity contribution in [3.05, 3.63) is 16.8 Å². The second-order valence-electron chi connectivity index (χ2n) is 2.30. The Labute approximate surface area is 81.4 Å². The first kappa shape index (κ1) is 9.80. The van der Waals surface area contributed by atoms with Gasteiger partial charge in [0.25, 0.3) is 0 Å². The quantitative estimate of drug-likeness (QED) is 0.576. The molecule has 0 radical (unpaired) electrons. The molecular formula is C8H10ClN3O. The van der Waals surface area contributed by atoms with Gasteiger partial charge in [-0.2, -0.15) is 0 Å². The van der Waals surface area contributed by atoms with Gasteiger partial charge in [-0.25, -0.2) is 4.98 Å². The molecule has 1 aromatic heterocycles. The number of nitrogens with zero attached hydrogens (tertiary/aromatic N) is 1. The lowest BCUT2D eigenvalue weighted by Crippen LogP contribution is -2.01. The number of ether oxygens (including phenoxy) is 1. The summed E-state index contributed by atoms with van der Waals surface area (Å²) in [4.78, 5) is 3.99. The van der Waals surface area contributed by atoms with Crippen molar-refractivity contribution in [1.29, 1.82) is 5.41 Å². The predicted molar refractivity (Wildman–Crippen MR) is 53.2 cm³/mol. The van der Waals surface area contributed by atoms with Crippen molar-refractivity contribution in [3.63, 3.8) is 0 Å². The molecule has 0 aliphatic heterocycles. The van der Waals surface area contributed by atoms with Gasteiger partial charge in [0.05, 0.1) is 12.7 Å². The predicted octanol–water partition coefficient (Wildman–Crippen LogP) is 1.78. The maximum Gasteiger partial charge on any atom is 0.140 e. The van der Waals surface area contributed by atoms with Gasteiger partial charge in [0.15, 0.2) is 0 Å². The van der Waals surface area contributed by atoms with E-state index < -0.39 is 0 Å². The number of rotatable bonds is 3. The van der Waals surface area contributed by atoms with Gasteiger partial charge in [0, 0.05) is 19.3 Å². The van der Waals surface area contributed by atoms with Crippen molar-refractivity contribution in [1.82, 2.24) is 4.98 Å². The molecule has 70 valence electrons. The maximum absolute atomic E-state index is 7.17. The van der Waals surface area contributed by atoms with Crippen LogP contribution in [0.2, 0.25) is 5.15 Å². The van der Waals surface area contributed by atoms with Crippen LogP contribution in [0.1, 0.15) is 5.56 Å². The largest absolute Gasteiger partial charge is 0.496 e. The Kier molecular flexibility index (Phi) is 3.08. The summed E-state index contributed by atoms with van der Waals surface area (Å²) in [6.45, 7) is 0. The van der Waals surface area contributed by atoms with E-state index in [2.05, 4.69) is 10.3 Å². The van der Waals surface area contributed by atoms with Crippen LogP contribution in [0.4, 0.5) is 5.82 Å². The van der Waals surface area contributed by atoms with E-state index in [1.165, 1.54) is 13.3 Å². The Balaban J connectivity index is 3.33. The van der Waals surface area contributed by atoms with E-state index in [4.69, 9.17) is 21.7 Å². The highest BCUT2D eigenvalue weighted by molar-refractivity contribution is 6.29. The smallest absolute Gasteiger partial charge is 0.140 e. The van der Waals surface area contributed by atoms with Gasteiger partial charge in [0.2, 0.25) is 0 Å². The third kappa shape index (κ3) is 1.89. The summed E-state index contributed by atoms with van der Waals surface area (Å²) in [5.41, 5.74) is 0.592. The highest BCUT2D eigenvalue weighted by Crippen LogP contribution is 2.25. The molecule has 0 amide bonds. The van der Waals surface area contributed by atoms with Crippen LogP contribution in [0.3, 0.4) is 0 Å². The number of nitrogens with one attached hydrogen (secondary N) is 2. The SMILES string of the molecule is CNc1nc(Cl)cc(OC)c1C=N. The fourth-order valence-corrected chi connectivity index (χ4v) is 1.18. The Morgan fingerprint density at radius 3 is 2.85 bits per heavy atom. The summed E-state index contributed by atoms with van der Waals surface area (Å²) in [7, 11) is 3.24. The van der Waals surface area contributed by atoms with Crippen molar-refractivity contribution in [2.45, 2.75) is 0 Å². The lowest BCUT2D eigenvalue weighted by molar-refractivity contribution is 0.414. The van der Waals surface area contributed by atoms with Crippen LogP contribution < -0.4 is 10.1 Å². The third-order valence-electron chi connectivity index (χ3n) is 1.59. The Morgan fingerprint density at radius 2 is 2.38 bits per heavy atom. The van der Waals surface area contributed by atoms with Crippen molar-refractivity contribution in [2.75, 3.05) is 19.5 Å². The Hall–Kier alpha value is -1.29. The highest BCUT2D eigenvalue weighted by Gasteiger charge is 2.08. The van der Waals surface area contributed by atoms with Crippen LogP contribution in [0.5, 0.6) is 5.75 Å². The van der Waals surface area contributed by atoms with Gasteiger partial charge in [-0.3, -0.25) is 0 Å². The molecule has 0 fully saturated rings. The normalized spacial score (nSPS) is 9.46. The minimum Gasteiger partial charge on any atom is -0.496 e. The van der Waals surface area contributed by atoms with Crippen molar-refractivity contribution in [2.24, 2.45) is 0 Å².